The molecular weight excluding hydrogens is 210 g/mol. The largest absolute Gasteiger partial charge is 0.469 e. The SMILES string of the molecule is c1coc(CCNCC2Cc3ccccc32)c1. The molecule has 1 heterocycles. The third kappa shape index (κ3) is 2.27. The van der Waals surface area contributed by atoms with Crippen LogP contribution < -0.4 is 5.32 Å². The Labute approximate surface area is 102 Å². The lowest BCUT2D eigenvalue weighted by atomic mass is 9.77. The van der Waals surface area contributed by atoms with Gasteiger partial charge >= 0.3 is 0 Å². The maximum Gasteiger partial charge on any atom is 0.105 e. The minimum Gasteiger partial charge on any atom is -0.469 e. The molecule has 88 valence electrons. The lowest BCUT2D eigenvalue weighted by molar-refractivity contribution is 0.485. The van der Waals surface area contributed by atoms with Crippen LogP contribution in [0.2, 0.25) is 0 Å². The highest BCUT2D eigenvalue weighted by Gasteiger charge is 2.24. The van der Waals surface area contributed by atoms with E-state index in [1.54, 1.807) is 6.26 Å². The first-order valence-corrected chi connectivity index (χ1v) is 6.24. The third-order valence-corrected chi connectivity index (χ3v) is 3.48. The van der Waals surface area contributed by atoms with E-state index in [1.165, 1.54) is 17.5 Å². The second-order valence-electron chi connectivity index (χ2n) is 4.63. The van der Waals surface area contributed by atoms with Crippen molar-refractivity contribution in [2.45, 2.75) is 18.8 Å². The van der Waals surface area contributed by atoms with Crippen molar-refractivity contribution < 1.29 is 4.42 Å². The third-order valence-electron chi connectivity index (χ3n) is 3.48. The van der Waals surface area contributed by atoms with Crippen LogP contribution in [0.4, 0.5) is 0 Å². The summed E-state index contributed by atoms with van der Waals surface area (Å²) < 4.78 is 5.30. The highest BCUT2D eigenvalue weighted by Crippen LogP contribution is 2.33. The van der Waals surface area contributed by atoms with Gasteiger partial charge in [-0.2, -0.15) is 0 Å². The van der Waals surface area contributed by atoms with E-state index in [2.05, 4.69) is 29.6 Å². The molecule has 1 aliphatic carbocycles. The van der Waals surface area contributed by atoms with Gasteiger partial charge in [0.05, 0.1) is 6.26 Å². The van der Waals surface area contributed by atoms with Crippen LogP contribution in [0.25, 0.3) is 0 Å². The van der Waals surface area contributed by atoms with E-state index in [4.69, 9.17) is 4.42 Å². The molecule has 1 aliphatic rings. The molecule has 0 amide bonds. The van der Waals surface area contributed by atoms with Gasteiger partial charge in [-0.05, 0) is 29.7 Å². The van der Waals surface area contributed by atoms with Gasteiger partial charge in [-0.15, -0.1) is 0 Å². The van der Waals surface area contributed by atoms with Crippen molar-refractivity contribution in [3.63, 3.8) is 0 Å². The smallest absolute Gasteiger partial charge is 0.105 e. The van der Waals surface area contributed by atoms with Crippen LogP contribution in [-0.2, 0) is 12.8 Å². The Morgan fingerprint density at radius 1 is 1.18 bits per heavy atom. The molecule has 1 aromatic heterocycles. The lowest BCUT2D eigenvalue weighted by Gasteiger charge is -2.30. The molecule has 0 saturated heterocycles. The zero-order valence-corrected chi connectivity index (χ0v) is 9.86. The molecule has 0 spiro atoms. The summed E-state index contributed by atoms with van der Waals surface area (Å²) in [5.41, 5.74) is 3.04. The fourth-order valence-electron chi connectivity index (χ4n) is 2.49. The highest BCUT2D eigenvalue weighted by molar-refractivity contribution is 5.40. The van der Waals surface area contributed by atoms with Gasteiger partial charge in [0, 0.05) is 25.4 Å². The molecule has 0 fully saturated rings. The van der Waals surface area contributed by atoms with E-state index in [0.717, 1.165) is 25.3 Å². The summed E-state index contributed by atoms with van der Waals surface area (Å²) in [6.45, 7) is 2.07. The summed E-state index contributed by atoms with van der Waals surface area (Å²) in [5, 5.41) is 3.51. The van der Waals surface area contributed by atoms with Gasteiger partial charge in [0.15, 0.2) is 0 Å². The van der Waals surface area contributed by atoms with Gasteiger partial charge in [-0.25, -0.2) is 0 Å². The standard InChI is InChI=1S/C15H17NO/c1-2-6-15-12(4-1)10-13(15)11-16-8-7-14-5-3-9-17-14/h1-6,9,13,16H,7-8,10-11H2. The van der Waals surface area contributed by atoms with E-state index in [0.29, 0.717) is 5.92 Å². The Morgan fingerprint density at radius 3 is 2.94 bits per heavy atom. The molecule has 1 aromatic carbocycles. The molecule has 0 bridgehead atoms. The predicted octanol–water partition coefficient (Wildman–Crippen LogP) is 2.75. The van der Waals surface area contributed by atoms with Gasteiger partial charge in [0.2, 0.25) is 0 Å². The normalized spacial score (nSPS) is 17.5. The molecule has 0 radical (unpaired) electrons. The average molecular weight is 227 g/mol. The lowest BCUT2D eigenvalue weighted by Crippen LogP contribution is -2.30. The molecule has 17 heavy (non-hydrogen) atoms. The maximum atomic E-state index is 5.30. The molecule has 1 unspecified atom stereocenters. The number of benzene rings is 1. The summed E-state index contributed by atoms with van der Waals surface area (Å²) in [7, 11) is 0. The van der Waals surface area contributed by atoms with E-state index in [9.17, 15) is 0 Å². The van der Waals surface area contributed by atoms with Gasteiger partial charge in [-0.3, -0.25) is 0 Å². The molecular formula is C15H17NO. The fourth-order valence-corrected chi connectivity index (χ4v) is 2.49. The Kier molecular flexibility index (Phi) is 2.97. The van der Waals surface area contributed by atoms with Crippen LogP contribution in [0.1, 0.15) is 22.8 Å². The Morgan fingerprint density at radius 2 is 2.12 bits per heavy atom. The molecule has 2 nitrogen and oxygen atoms in total. The minimum atomic E-state index is 0.711. The van der Waals surface area contributed by atoms with Crippen LogP contribution in [0.3, 0.4) is 0 Å². The molecule has 2 aromatic rings. The predicted molar refractivity (Wildman–Crippen MR) is 68.2 cm³/mol. The zero-order valence-electron chi connectivity index (χ0n) is 9.86. The van der Waals surface area contributed by atoms with Crippen molar-refractivity contribution in [2.24, 2.45) is 0 Å². The quantitative estimate of drug-likeness (QED) is 0.794. The van der Waals surface area contributed by atoms with Crippen LogP contribution in [0.5, 0.6) is 0 Å². The van der Waals surface area contributed by atoms with E-state index < -0.39 is 0 Å². The van der Waals surface area contributed by atoms with Crippen molar-refractivity contribution in [2.75, 3.05) is 13.1 Å². The number of furan rings is 1. The molecule has 2 heteroatoms. The van der Waals surface area contributed by atoms with E-state index in [-0.39, 0.29) is 0 Å². The Hall–Kier alpha value is -1.54. The second-order valence-corrected chi connectivity index (χ2v) is 4.63. The molecule has 1 N–H and O–H groups in total. The summed E-state index contributed by atoms with van der Waals surface area (Å²) in [5.74, 6) is 1.77. The maximum absolute atomic E-state index is 5.30. The van der Waals surface area contributed by atoms with Crippen molar-refractivity contribution >= 4 is 0 Å². The summed E-state index contributed by atoms with van der Waals surface area (Å²) in [6, 6.07) is 12.7. The van der Waals surface area contributed by atoms with Crippen LogP contribution in [0, 0.1) is 0 Å². The van der Waals surface area contributed by atoms with Crippen LogP contribution >= 0.6 is 0 Å². The van der Waals surface area contributed by atoms with E-state index in [1.807, 2.05) is 12.1 Å². The van der Waals surface area contributed by atoms with Gasteiger partial charge < -0.3 is 9.73 Å². The first-order valence-electron chi connectivity index (χ1n) is 6.24. The monoisotopic (exact) mass is 227 g/mol. The average Bonchev–Trinajstić information content (AvgIpc) is 2.82. The summed E-state index contributed by atoms with van der Waals surface area (Å²) in [4.78, 5) is 0. The van der Waals surface area contributed by atoms with Gasteiger partial charge in [-0.1, -0.05) is 24.3 Å². The number of fused-ring (bicyclic) bond motifs is 1. The fraction of sp³-hybridized carbons (Fsp3) is 0.333. The number of hydrogen-bond acceptors (Lipinski definition) is 2. The number of nitrogens with one attached hydrogen (secondary N) is 1. The van der Waals surface area contributed by atoms with Crippen molar-refractivity contribution in [3.05, 3.63) is 59.5 Å². The number of rotatable bonds is 5. The molecule has 3 rings (SSSR count). The number of hydrogen-bond donors (Lipinski definition) is 1. The van der Waals surface area contributed by atoms with Gasteiger partial charge in [0.25, 0.3) is 0 Å². The molecule has 0 aliphatic heterocycles. The highest BCUT2D eigenvalue weighted by atomic mass is 16.3. The van der Waals surface area contributed by atoms with E-state index >= 15 is 0 Å². The topological polar surface area (TPSA) is 25.2 Å². The van der Waals surface area contributed by atoms with Gasteiger partial charge in [0.1, 0.15) is 5.76 Å². The first kappa shape index (κ1) is 10.6. The first-order chi connectivity index (χ1) is 8.43. The minimum absolute atomic E-state index is 0.711. The van der Waals surface area contributed by atoms with Crippen molar-refractivity contribution in [1.29, 1.82) is 0 Å². The van der Waals surface area contributed by atoms with Crippen molar-refractivity contribution in [1.82, 2.24) is 5.32 Å². The molecule has 1 atom stereocenters. The zero-order chi connectivity index (χ0) is 11.5. The van der Waals surface area contributed by atoms with Crippen LogP contribution in [-0.4, -0.2) is 13.1 Å². The Balaban J connectivity index is 1.42. The van der Waals surface area contributed by atoms with Crippen LogP contribution in [0.15, 0.2) is 47.1 Å². The van der Waals surface area contributed by atoms with Crippen molar-refractivity contribution in [3.8, 4) is 0 Å². The second kappa shape index (κ2) is 4.76. The summed E-state index contributed by atoms with van der Waals surface area (Å²) in [6.07, 6.45) is 3.93. The summed E-state index contributed by atoms with van der Waals surface area (Å²) >= 11 is 0. The Bertz CT molecular complexity index is 475. The molecule has 0 saturated carbocycles.